The van der Waals surface area contributed by atoms with Gasteiger partial charge in [0.05, 0.1) is 0 Å². The third-order valence-corrected chi connectivity index (χ3v) is 2.86. The van der Waals surface area contributed by atoms with Gasteiger partial charge in [0.2, 0.25) is 0 Å². The van der Waals surface area contributed by atoms with Crippen LogP contribution < -0.4 is 5.14 Å². The molecule has 0 amide bonds. The number of aromatic nitrogens is 1. The maximum atomic E-state index is 12.3. The van der Waals surface area contributed by atoms with Gasteiger partial charge in [-0.05, 0) is 22.0 Å². The minimum atomic E-state index is -4.04. The van der Waals surface area contributed by atoms with Crippen molar-refractivity contribution in [2.75, 3.05) is 0 Å². The van der Waals surface area contributed by atoms with Gasteiger partial charge in [-0.2, -0.15) is 0 Å². The van der Waals surface area contributed by atoms with Crippen LogP contribution in [-0.4, -0.2) is 13.4 Å². The van der Waals surface area contributed by atoms with Gasteiger partial charge in [-0.15, -0.1) is 0 Å². The molecule has 4 nitrogen and oxygen atoms in total. The summed E-state index contributed by atoms with van der Waals surface area (Å²) < 4.78 is 46.2. The van der Waals surface area contributed by atoms with Gasteiger partial charge in [0.15, 0.2) is 5.03 Å². The van der Waals surface area contributed by atoms with Gasteiger partial charge in [0.1, 0.15) is 0 Å². The number of nitrogens with zero attached hydrogens (tertiary/aromatic N) is 1. The molecular weight excluding hydrogens is 282 g/mol. The number of rotatable bonds is 2. The zero-order valence-electron chi connectivity index (χ0n) is 6.62. The maximum Gasteiger partial charge on any atom is 0.265 e. The lowest BCUT2D eigenvalue weighted by atomic mass is 10.3. The van der Waals surface area contributed by atoms with Crippen molar-refractivity contribution in [3.63, 3.8) is 0 Å². The minimum absolute atomic E-state index is 0.0416. The molecule has 1 heterocycles. The lowest BCUT2D eigenvalue weighted by Gasteiger charge is -2.04. The summed E-state index contributed by atoms with van der Waals surface area (Å²) >= 11 is 2.82. The van der Waals surface area contributed by atoms with Gasteiger partial charge >= 0.3 is 0 Å². The van der Waals surface area contributed by atoms with Gasteiger partial charge in [0.25, 0.3) is 16.4 Å². The molecule has 0 aliphatic carbocycles. The second-order valence-electron chi connectivity index (χ2n) is 2.39. The number of alkyl halides is 2. The first-order valence-corrected chi connectivity index (χ1v) is 5.62. The van der Waals surface area contributed by atoms with Crippen molar-refractivity contribution in [1.82, 2.24) is 4.98 Å². The number of hydrogen-bond acceptors (Lipinski definition) is 3. The van der Waals surface area contributed by atoms with E-state index in [4.69, 9.17) is 5.14 Å². The molecule has 0 saturated heterocycles. The molecule has 0 radical (unpaired) electrons. The highest BCUT2D eigenvalue weighted by Gasteiger charge is 2.17. The van der Waals surface area contributed by atoms with Crippen molar-refractivity contribution in [3.8, 4) is 0 Å². The van der Waals surface area contributed by atoms with Gasteiger partial charge < -0.3 is 0 Å². The summed E-state index contributed by atoms with van der Waals surface area (Å²) in [7, 11) is -4.04. The van der Waals surface area contributed by atoms with E-state index in [1.165, 1.54) is 0 Å². The Balaban J connectivity index is 3.34. The van der Waals surface area contributed by atoms with Crippen molar-refractivity contribution >= 4 is 26.0 Å². The second-order valence-corrected chi connectivity index (χ2v) is 4.75. The highest BCUT2D eigenvalue weighted by molar-refractivity contribution is 9.10. The third kappa shape index (κ3) is 2.46. The first-order valence-electron chi connectivity index (χ1n) is 3.29. The molecule has 2 N–H and O–H groups in total. The molecule has 78 valence electrons. The summed E-state index contributed by atoms with van der Waals surface area (Å²) in [6, 6.07) is 0.740. The maximum absolute atomic E-state index is 12.3. The van der Waals surface area contributed by atoms with Crippen molar-refractivity contribution in [1.29, 1.82) is 0 Å². The Hall–Kier alpha value is -0.600. The molecule has 0 aliphatic heterocycles. The predicted molar refractivity (Wildman–Crippen MR) is 48.3 cm³/mol. The van der Waals surface area contributed by atoms with Crippen LogP contribution in [0.5, 0.6) is 0 Å². The minimum Gasteiger partial charge on any atom is -0.242 e. The fraction of sp³-hybridized carbons (Fsp3) is 0.167. The molecule has 14 heavy (non-hydrogen) atoms. The molecular formula is C6H5BrF2N2O2S. The average molecular weight is 287 g/mol. The smallest absolute Gasteiger partial charge is 0.242 e. The van der Waals surface area contributed by atoms with E-state index in [0.29, 0.717) is 0 Å². The summed E-state index contributed by atoms with van der Waals surface area (Å²) in [5.41, 5.74) is -0.455. The Morgan fingerprint density at radius 3 is 2.50 bits per heavy atom. The molecule has 1 aromatic rings. The van der Waals surface area contributed by atoms with Gasteiger partial charge in [-0.25, -0.2) is 27.3 Å². The van der Waals surface area contributed by atoms with Crippen LogP contribution in [0.2, 0.25) is 0 Å². The molecule has 0 bridgehead atoms. The molecule has 0 saturated carbocycles. The van der Waals surface area contributed by atoms with E-state index in [1.54, 1.807) is 0 Å². The Morgan fingerprint density at radius 2 is 2.07 bits per heavy atom. The van der Waals surface area contributed by atoms with E-state index >= 15 is 0 Å². The average Bonchev–Trinajstić information content (AvgIpc) is 2.02. The molecule has 0 fully saturated rings. The number of primary sulfonamides is 1. The van der Waals surface area contributed by atoms with Crippen LogP contribution >= 0.6 is 15.9 Å². The summed E-state index contributed by atoms with van der Waals surface area (Å²) in [5, 5.41) is 4.15. The molecule has 8 heteroatoms. The highest BCUT2D eigenvalue weighted by atomic mass is 79.9. The normalized spacial score (nSPS) is 12.1. The van der Waals surface area contributed by atoms with Crippen LogP contribution in [0.3, 0.4) is 0 Å². The molecule has 1 aromatic heterocycles. The molecule has 0 unspecified atom stereocenters. The van der Waals surface area contributed by atoms with Crippen molar-refractivity contribution < 1.29 is 17.2 Å². The summed E-state index contributed by atoms with van der Waals surface area (Å²) in [5.74, 6) is 0. The van der Waals surface area contributed by atoms with Crippen LogP contribution in [0, 0.1) is 0 Å². The SMILES string of the molecule is NS(=O)(=O)c1cc(C(F)F)c(Br)cn1. The number of hydrogen-bond donors (Lipinski definition) is 1. The topological polar surface area (TPSA) is 73.1 Å². The summed E-state index contributed by atoms with van der Waals surface area (Å²) in [4.78, 5) is 3.40. The lowest BCUT2D eigenvalue weighted by Crippen LogP contribution is -2.14. The van der Waals surface area contributed by atoms with Gasteiger partial charge in [-0.1, -0.05) is 0 Å². The van der Waals surface area contributed by atoms with Crippen LogP contribution in [-0.2, 0) is 10.0 Å². The van der Waals surface area contributed by atoms with E-state index in [-0.39, 0.29) is 4.47 Å². The number of nitrogens with two attached hydrogens (primary N) is 1. The van der Waals surface area contributed by atoms with Crippen LogP contribution in [0.15, 0.2) is 21.8 Å². The predicted octanol–water partition coefficient (Wildman–Crippen LogP) is 1.43. The molecule has 0 aromatic carbocycles. The quantitative estimate of drug-likeness (QED) is 0.894. The fourth-order valence-corrected chi connectivity index (χ4v) is 1.64. The van der Waals surface area contributed by atoms with Crippen molar-refractivity contribution in [2.45, 2.75) is 11.5 Å². The summed E-state index contributed by atoms with van der Waals surface area (Å²) in [6.07, 6.45) is -1.81. The Labute approximate surface area is 87.3 Å². The van der Waals surface area contributed by atoms with Gasteiger partial charge in [-0.3, -0.25) is 0 Å². The summed E-state index contributed by atoms with van der Waals surface area (Å²) in [6.45, 7) is 0. The molecule has 0 aliphatic rings. The largest absolute Gasteiger partial charge is 0.265 e. The molecule has 0 atom stereocenters. The van der Waals surface area contributed by atoms with Crippen LogP contribution in [0.1, 0.15) is 12.0 Å². The van der Waals surface area contributed by atoms with Gasteiger partial charge in [0, 0.05) is 16.2 Å². The second kappa shape index (κ2) is 3.87. The highest BCUT2D eigenvalue weighted by Crippen LogP contribution is 2.27. The zero-order valence-corrected chi connectivity index (χ0v) is 9.02. The fourth-order valence-electron chi connectivity index (χ4n) is 0.757. The van der Waals surface area contributed by atoms with E-state index in [9.17, 15) is 17.2 Å². The number of halogens is 3. The van der Waals surface area contributed by atoms with E-state index in [2.05, 4.69) is 20.9 Å². The molecule has 0 spiro atoms. The van der Waals surface area contributed by atoms with E-state index < -0.39 is 27.0 Å². The van der Waals surface area contributed by atoms with Crippen molar-refractivity contribution in [3.05, 3.63) is 22.3 Å². The van der Waals surface area contributed by atoms with Crippen LogP contribution in [0.25, 0.3) is 0 Å². The zero-order chi connectivity index (χ0) is 10.9. The van der Waals surface area contributed by atoms with Crippen LogP contribution in [0.4, 0.5) is 8.78 Å². The van der Waals surface area contributed by atoms with Crippen molar-refractivity contribution in [2.24, 2.45) is 5.14 Å². The number of sulfonamides is 1. The third-order valence-electron chi connectivity index (χ3n) is 1.39. The van der Waals surface area contributed by atoms with E-state index in [0.717, 1.165) is 12.3 Å². The first-order chi connectivity index (χ1) is 6.32. The Kier molecular flexibility index (Phi) is 3.17. The van der Waals surface area contributed by atoms with E-state index in [1.807, 2.05) is 0 Å². The molecule has 1 rings (SSSR count). The Bertz CT molecular complexity index is 449. The monoisotopic (exact) mass is 286 g/mol. The first kappa shape index (κ1) is 11.5. The Morgan fingerprint density at radius 1 is 1.50 bits per heavy atom. The lowest BCUT2D eigenvalue weighted by molar-refractivity contribution is 0.150. The number of pyridine rings is 1. The standard InChI is InChI=1S/C6H5BrF2N2O2S/c7-4-2-11-5(14(10,12)13)1-3(4)6(8)9/h1-2,6H,(H2,10,12,13).